The average Bonchev–Trinajstić information content (AvgIpc) is 2.16. The highest BCUT2D eigenvalue weighted by Crippen LogP contribution is 2.16. The molecule has 0 aliphatic rings. The van der Waals surface area contributed by atoms with Crippen LogP contribution >= 0.6 is 0 Å². The van der Waals surface area contributed by atoms with Gasteiger partial charge < -0.3 is 10.1 Å². The van der Waals surface area contributed by atoms with Gasteiger partial charge in [-0.15, -0.1) is 0 Å². The van der Waals surface area contributed by atoms with Crippen molar-refractivity contribution in [1.29, 1.82) is 0 Å². The Morgan fingerprint density at radius 2 is 2.29 bits per heavy atom. The number of nitrogens with one attached hydrogen (secondary N) is 1. The van der Waals surface area contributed by atoms with Crippen molar-refractivity contribution in [3.63, 3.8) is 0 Å². The van der Waals surface area contributed by atoms with Crippen LogP contribution in [0.15, 0.2) is 12.3 Å². The lowest BCUT2D eigenvalue weighted by Crippen LogP contribution is -2.22. The highest BCUT2D eigenvalue weighted by atomic mass is 19.1. The van der Waals surface area contributed by atoms with Gasteiger partial charge in [0.25, 0.3) is 0 Å². The second kappa shape index (κ2) is 4.91. The molecule has 1 N–H and O–H groups in total. The van der Waals surface area contributed by atoms with E-state index in [0.29, 0.717) is 18.2 Å². The second-order valence-electron chi connectivity index (χ2n) is 3.33. The van der Waals surface area contributed by atoms with Crippen molar-refractivity contribution in [2.75, 3.05) is 7.11 Å². The zero-order valence-corrected chi connectivity index (χ0v) is 8.67. The maximum Gasteiger partial charge on any atom is 0.250 e. The van der Waals surface area contributed by atoms with Crippen molar-refractivity contribution in [2.45, 2.75) is 26.4 Å². The van der Waals surface area contributed by atoms with Gasteiger partial charge in [-0.05, 0) is 6.07 Å². The summed E-state index contributed by atoms with van der Waals surface area (Å²) in [6.45, 7) is 4.51. The molecule has 0 amide bonds. The summed E-state index contributed by atoms with van der Waals surface area (Å²) in [5.41, 5.74) is 0.575. The highest BCUT2D eigenvalue weighted by Gasteiger charge is 2.09. The molecule has 1 heterocycles. The van der Waals surface area contributed by atoms with Gasteiger partial charge in [-0.3, -0.25) is 0 Å². The molecule has 0 spiro atoms. The Hall–Kier alpha value is -1.16. The van der Waals surface area contributed by atoms with Gasteiger partial charge in [0.15, 0.2) is 5.82 Å². The van der Waals surface area contributed by atoms with E-state index in [4.69, 9.17) is 4.74 Å². The largest absolute Gasteiger partial charge is 0.479 e. The van der Waals surface area contributed by atoms with Crippen LogP contribution in [0.1, 0.15) is 19.4 Å². The lowest BCUT2D eigenvalue weighted by atomic mass is 10.2. The summed E-state index contributed by atoms with van der Waals surface area (Å²) < 4.78 is 18.3. The first kappa shape index (κ1) is 10.9. The fraction of sp³-hybridized carbons (Fsp3) is 0.500. The van der Waals surface area contributed by atoms with Gasteiger partial charge >= 0.3 is 0 Å². The molecule has 0 radical (unpaired) electrons. The van der Waals surface area contributed by atoms with Gasteiger partial charge in [-0.1, -0.05) is 13.8 Å². The summed E-state index contributed by atoms with van der Waals surface area (Å²) in [5, 5.41) is 3.13. The van der Waals surface area contributed by atoms with Gasteiger partial charge in [-0.2, -0.15) is 0 Å². The molecule has 0 unspecified atom stereocenters. The first-order valence-electron chi connectivity index (χ1n) is 4.56. The molecule has 0 bridgehead atoms. The van der Waals surface area contributed by atoms with E-state index in [2.05, 4.69) is 10.3 Å². The summed E-state index contributed by atoms with van der Waals surface area (Å²) in [7, 11) is 1.41. The van der Waals surface area contributed by atoms with Crippen LogP contribution in [0.5, 0.6) is 5.88 Å². The topological polar surface area (TPSA) is 34.1 Å². The number of methoxy groups -OCH3 is 1. The zero-order chi connectivity index (χ0) is 10.6. The SMILES string of the molecule is COc1nccc(CNC(C)C)c1F. The second-order valence-corrected chi connectivity index (χ2v) is 3.33. The number of pyridine rings is 1. The molecule has 0 saturated carbocycles. The highest BCUT2D eigenvalue weighted by molar-refractivity contribution is 5.23. The maximum atomic E-state index is 13.5. The Morgan fingerprint density at radius 1 is 1.57 bits per heavy atom. The molecule has 1 rings (SSSR count). The lowest BCUT2D eigenvalue weighted by Gasteiger charge is -2.09. The van der Waals surface area contributed by atoms with Crippen molar-refractivity contribution in [1.82, 2.24) is 10.3 Å². The molecule has 4 heteroatoms. The molecular weight excluding hydrogens is 183 g/mol. The minimum absolute atomic E-state index is 0.0491. The molecule has 1 aromatic rings. The standard InChI is InChI=1S/C10H15FN2O/c1-7(2)13-6-8-4-5-12-10(14-3)9(8)11/h4-5,7,13H,6H2,1-3H3. The molecule has 1 aromatic heterocycles. The van der Waals surface area contributed by atoms with Gasteiger partial charge in [-0.25, -0.2) is 9.37 Å². The number of nitrogens with zero attached hydrogens (tertiary/aromatic N) is 1. The Morgan fingerprint density at radius 3 is 2.86 bits per heavy atom. The van der Waals surface area contributed by atoms with Gasteiger partial charge in [0.2, 0.25) is 5.88 Å². The van der Waals surface area contributed by atoms with E-state index in [1.54, 1.807) is 12.3 Å². The molecule has 0 aromatic carbocycles. The van der Waals surface area contributed by atoms with Gasteiger partial charge in [0.1, 0.15) is 0 Å². The Kier molecular flexibility index (Phi) is 3.83. The van der Waals surface area contributed by atoms with Crippen LogP contribution in [0.2, 0.25) is 0 Å². The smallest absolute Gasteiger partial charge is 0.250 e. The van der Waals surface area contributed by atoms with E-state index in [1.807, 2.05) is 13.8 Å². The third-order valence-electron chi connectivity index (χ3n) is 1.83. The predicted molar refractivity (Wildman–Crippen MR) is 52.7 cm³/mol. The molecule has 78 valence electrons. The summed E-state index contributed by atoms with van der Waals surface area (Å²) in [5.74, 6) is -0.337. The van der Waals surface area contributed by atoms with Crippen molar-refractivity contribution >= 4 is 0 Å². The normalized spacial score (nSPS) is 10.6. The Bertz CT molecular complexity index is 302. The molecule has 0 aliphatic carbocycles. The van der Waals surface area contributed by atoms with E-state index in [9.17, 15) is 4.39 Å². The van der Waals surface area contributed by atoms with E-state index >= 15 is 0 Å². The number of hydrogen-bond acceptors (Lipinski definition) is 3. The molecule has 0 atom stereocenters. The van der Waals surface area contributed by atoms with Crippen LogP contribution in [0.4, 0.5) is 4.39 Å². The van der Waals surface area contributed by atoms with Crippen molar-refractivity contribution in [3.05, 3.63) is 23.6 Å². The molecule has 3 nitrogen and oxygen atoms in total. The monoisotopic (exact) mass is 198 g/mol. The van der Waals surface area contributed by atoms with E-state index < -0.39 is 0 Å². The number of hydrogen-bond donors (Lipinski definition) is 1. The van der Waals surface area contributed by atoms with Crippen LogP contribution in [-0.4, -0.2) is 18.1 Å². The van der Waals surface area contributed by atoms with Gasteiger partial charge in [0.05, 0.1) is 7.11 Å². The number of ether oxygens (including phenoxy) is 1. The van der Waals surface area contributed by atoms with Crippen molar-refractivity contribution in [2.24, 2.45) is 0 Å². The fourth-order valence-corrected chi connectivity index (χ4v) is 1.06. The first-order chi connectivity index (χ1) is 6.65. The lowest BCUT2D eigenvalue weighted by molar-refractivity contribution is 0.365. The van der Waals surface area contributed by atoms with Crippen molar-refractivity contribution in [3.8, 4) is 5.88 Å². The Labute approximate surface area is 83.3 Å². The van der Waals surface area contributed by atoms with Crippen molar-refractivity contribution < 1.29 is 9.13 Å². The van der Waals surface area contributed by atoms with E-state index in [-0.39, 0.29) is 11.7 Å². The molecule has 14 heavy (non-hydrogen) atoms. The zero-order valence-electron chi connectivity index (χ0n) is 8.67. The van der Waals surface area contributed by atoms with Crippen LogP contribution in [0, 0.1) is 5.82 Å². The molecule has 0 aliphatic heterocycles. The maximum absolute atomic E-state index is 13.5. The summed E-state index contributed by atoms with van der Waals surface area (Å²) in [4.78, 5) is 3.76. The number of aromatic nitrogens is 1. The quantitative estimate of drug-likeness (QED) is 0.800. The average molecular weight is 198 g/mol. The van der Waals surface area contributed by atoms with Gasteiger partial charge in [0, 0.05) is 24.3 Å². The molecular formula is C10H15FN2O. The fourth-order valence-electron chi connectivity index (χ4n) is 1.06. The predicted octanol–water partition coefficient (Wildman–Crippen LogP) is 1.73. The summed E-state index contributed by atoms with van der Waals surface area (Å²) >= 11 is 0. The third-order valence-corrected chi connectivity index (χ3v) is 1.83. The Balaban J connectivity index is 2.76. The summed E-state index contributed by atoms with van der Waals surface area (Å²) in [6, 6.07) is 1.97. The minimum atomic E-state index is -0.386. The third kappa shape index (κ3) is 2.67. The number of rotatable bonds is 4. The summed E-state index contributed by atoms with van der Waals surface area (Å²) in [6.07, 6.45) is 1.54. The molecule has 0 saturated heterocycles. The minimum Gasteiger partial charge on any atom is -0.479 e. The number of halogens is 1. The van der Waals surface area contributed by atoms with Crippen LogP contribution in [0.25, 0.3) is 0 Å². The van der Waals surface area contributed by atoms with E-state index in [0.717, 1.165) is 0 Å². The van der Waals surface area contributed by atoms with E-state index in [1.165, 1.54) is 7.11 Å². The van der Waals surface area contributed by atoms with Crippen LogP contribution < -0.4 is 10.1 Å². The molecule has 0 fully saturated rings. The first-order valence-corrected chi connectivity index (χ1v) is 4.56. The van der Waals surface area contributed by atoms with Crippen LogP contribution in [-0.2, 0) is 6.54 Å². The van der Waals surface area contributed by atoms with Crippen LogP contribution in [0.3, 0.4) is 0 Å².